The van der Waals surface area contributed by atoms with Crippen LogP contribution in [0.3, 0.4) is 0 Å². The van der Waals surface area contributed by atoms with Gasteiger partial charge in [-0.3, -0.25) is 4.90 Å². The maximum absolute atomic E-state index is 9.81. The predicted molar refractivity (Wildman–Crippen MR) is 93.5 cm³/mol. The van der Waals surface area contributed by atoms with E-state index in [1.807, 2.05) is 0 Å². The summed E-state index contributed by atoms with van der Waals surface area (Å²) < 4.78 is 0. The number of hydrogen-bond acceptors (Lipinski definition) is 4. The normalized spacial score (nSPS) is 18.1. The van der Waals surface area contributed by atoms with Crippen molar-refractivity contribution in [3.63, 3.8) is 0 Å². The standard InChI is InChI=1S/C16H26N2OS.ClH/c1-16(2,12-19)15(18-10-8-17-9-11-18)13-4-6-14(20-3)7-5-13;/h4-7,15,17,19H,8-12H2,1-3H3;1H/t15-;/m0./s1. The zero-order chi connectivity index (χ0) is 14.6. The van der Waals surface area contributed by atoms with Crippen LogP contribution in [-0.2, 0) is 0 Å². The molecule has 0 aliphatic carbocycles. The molecule has 1 aliphatic rings. The molecule has 0 bridgehead atoms. The number of nitrogens with zero attached hydrogens (tertiary/aromatic N) is 1. The van der Waals surface area contributed by atoms with Crippen LogP contribution in [0.4, 0.5) is 0 Å². The lowest BCUT2D eigenvalue weighted by Gasteiger charge is -2.43. The molecule has 1 fully saturated rings. The van der Waals surface area contributed by atoms with E-state index in [1.54, 1.807) is 11.8 Å². The number of rotatable bonds is 5. The van der Waals surface area contributed by atoms with E-state index < -0.39 is 0 Å². The summed E-state index contributed by atoms with van der Waals surface area (Å²) in [5, 5.41) is 13.2. The smallest absolute Gasteiger partial charge is 0.0500 e. The van der Waals surface area contributed by atoms with Gasteiger partial charge >= 0.3 is 0 Å². The third kappa shape index (κ3) is 4.60. The van der Waals surface area contributed by atoms with Crippen LogP contribution in [0.2, 0.25) is 0 Å². The van der Waals surface area contributed by atoms with Crippen molar-refractivity contribution in [1.29, 1.82) is 0 Å². The molecule has 0 aromatic heterocycles. The van der Waals surface area contributed by atoms with Crippen molar-refractivity contribution in [1.82, 2.24) is 10.2 Å². The van der Waals surface area contributed by atoms with E-state index in [9.17, 15) is 5.11 Å². The lowest BCUT2D eigenvalue weighted by atomic mass is 9.80. The number of piperazine rings is 1. The lowest BCUT2D eigenvalue weighted by molar-refractivity contribution is 0.0305. The van der Waals surface area contributed by atoms with Crippen molar-refractivity contribution < 1.29 is 5.11 Å². The minimum absolute atomic E-state index is 0. The molecule has 2 rings (SSSR count). The molecule has 1 aromatic carbocycles. The van der Waals surface area contributed by atoms with Crippen LogP contribution in [-0.4, -0.2) is 49.0 Å². The van der Waals surface area contributed by atoms with E-state index in [0.717, 1.165) is 26.2 Å². The van der Waals surface area contributed by atoms with Gasteiger partial charge in [-0.2, -0.15) is 0 Å². The molecule has 0 saturated carbocycles. The first kappa shape index (κ1) is 18.8. The molecule has 1 atom stereocenters. The van der Waals surface area contributed by atoms with Crippen LogP contribution in [0.25, 0.3) is 0 Å². The molecule has 0 unspecified atom stereocenters. The van der Waals surface area contributed by atoms with Crippen molar-refractivity contribution in [2.75, 3.05) is 39.0 Å². The predicted octanol–water partition coefficient (Wildman–Crippen LogP) is 2.80. The molecule has 1 aliphatic heterocycles. The van der Waals surface area contributed by atoms with E-state index >= 15 is 0 Å². The number of nitrogens with one attached hydrogen (secondary N) is 1. The average Bonchev–Trinajstić information content (AvgIpc) is 2.49. The van der Waals surface area contributed by atoms with E-state index in [4.69, 9.17) is 0 Å². The number of hydrogen-bond donors (Lipinski definition) is 2. The fourth-order valence-electron chi connectivity index (χ4n) is 2.97. The highest BCUT2D eigenvalue weighted by Gasteiger charge is 2.35. The molecule has 0 radical (unpaired) electrons. The van der Waals surface area contributed by atoms with Gasteiger partial charge in [0.15, 0.2) is 0 Å². The summed E-state index contributed by atoms with van der Waals surface area (Å²) >= 11 is 1.77. The van der Waals surface area contributed by atoms with Gasteiger partial charge in [-0.15, -0.1) is 24.2 Å². The summed E-state index contributed by atoms with van der Waals surface area (Å²) in [4.78, 5) is 3.79. The number of thioether (sulfide) groups is 1. The molecule has 5 heteroatoms. The van der Waals surface area contributed by atoms with Gasteiger partial charge in [0, 0.05) is 49.1 Å². The summed E-state index contributed by atoms with van der Waals surface area (Å²) in [6.07, 6.45) is 2.10. The van der Waals surface area contributed by atoms with Crippen LogP contribution in [0.15, 0.2) is 29.2 Å². The number of benzene rings is 1. The molecule has 1 saturated heterocycles. The van der Waals surface area contributed by atoms with Gasteiger partial charge in [-0.25, -0.2) is 0 Å². The molecule has 1 heterocycles. The Morgan fingerprint density at radius 1 is 1.24 bits per heavy atom. The third-order valence-electron chi connectivity index (χ3n) is 4.10. The SMILES string of the molecule is CSc1ccc([C@H](N2CCNCC2)C(C)(C)CO)cc1.Cl. The van der Waals surface area contributed by atoms with Crippen molar-refractivity contribution >= 4 is 24.2 Å². The first-order valence-electron chi connectivity index (χ1n) is 7.28. The van der Waals surface area contributed by atoms with Gasteiger partial charge in [0.1, 0.15) is 0 Å². The first-order valence-corrected chi connectivity index (χ1v) is 8.50. The third-order valence-corrected chi connectivity index (χ3v) is 4.84. The molecule has 120 valence electrons. The van der Waals surface area contributed by atoms with Gasteiger partial charge in [-0.1, -0.05) is 26.0 Å². The summed E-state index contributed by atoms with van der Waals surface area (Å²) in [5.41, 5.74) is 1.17. The van der Waals surface area contributed by atoms with E-state index in [0.29, 0.717) is 0 Å². The maximum Gasteiger partial charge on any atom is 0.0500 e. The Kier molecular flexibility index (Phi) is 7.51. The Balaban J connectivity index is 0.00000220. The van der Waals surface area contributed by atoms with E-state index in [1.165, 1.54) is 10.5 Å². The van der Waals surface area contributed by atoms with Crippen molar-refractivity contribution in [3.8, 4) is 0 Å². The Morgan fingerprint density at radius 2 is 1.81 bits per heavy atom. The van der Waals surface area contributed by atoms with Crippen molar-refractivity contribution in [2.24, 2.45) is 5.41 Å². The van der Waals surface area contributed by atoms with Crippen LogP contribution in [0.1, 0.15) is 25.5 Å². The summed E-state index contributed by atoms with van der Waals surface area (Å²) in [6.45, 7) is 8.65. The van der Waals surface area contributed by atoms with Crippen LogP contribution in [0, 0.1) is 5.41 Å². The first-order chi connectivity index (χ1) is 9.58. The van der Waals surface area contributed by atoms with Gasteiger partial charge in [0.2, 0.25) is 0 Å². The Morgan fingerprint density at radius 3 is 2.29 bits per heavy atom. The molecular formula is C16H27ClN2OS. The Labute approximate surface area is 138 Å². The van der Waals surface area contributed by atoms with Crippen LogP contribution < -0.4 is 5.32 Å². The number of aliphatic hydroxyl groups excluding tert-OH is 1. The zero-order valence-corrected chi connectivity index (χ0v) is 14.8. The maximum atomic E-state index is 9.81. The average molecular weight is 331 g/mol. The van der Waals surface area contributed by atoms with Gasteiger partial charge in [0.05, 0.1) is 0 Å². The van der Waals surface area contributed by atoms with Gasteiger partial charge in [-0.05, 0) is 24.0 Å². The van der Waals surface area contributed by atoms with Gasteiger partial charge < -0.3 is 10.4 Å². The lowest BCUT2D eigenvalue weighted by Crippen LogP contribution is -2.49. The topological polar surface area (TPSA) is 35.5 Å². The zero-order valence-electron chi connectivity index (χ0n) is 13.1. The van der Waals surface area contributed by atoms with Crippen LogP contribution >= 0.6 is 24.2 Å². The van der Waals surface area contributed by atoms with Crippen molar-refractivity contribution in [3.05, 3.63) is 29.8 Å². The second-order valence-electron chi connectivity index (χ2n) is 6.11. The van der Waals surface area contributed by atoms with E-state index in [-0.39, 0.29) is 30.5 Å². The Hall–Kier alpha value is -0.260. The number of halogens is 1. The summed E-state index contributed by atoms with van der Waals surface area (Å²) in [6, 6.07) is 9.07. The minimum atomic E-state index is -0.141. The highest BCUT2D eigenvalue weighted by molar-refractivity contribution is 7.98. The summed E-state index contributed by atoms with van der Waals surface area (Å²) in [5.74, 6) is 0. The Bertz CT molecular complexity index is 419. The monoisotopic (exact) mass is 330 g/mol. The quantitative estimate of drug-likeness (QED) is 0.814. The fraction of sp³-hybridized carbons (Fsp3) is 0.625. The molecule has 3 nitrogen and oxygen atoms in total. The van der Waals surface area contributed by atoms with Gasteiger partial charge in [0.25, 0.3) is 0 Å². The highest BCUT2D eigenvalue weighted by Crippen LogP contribution is 2.38. The second-order valence-corrected chi connectivity index (χ2v) is 6.99. The molecule has 21 heavy (non-hydrogen) atoms. The highest BCUT2D eigenvalue weighted by atomic mass is 35.5. The molecular weight excluding hydrogens is 304 g/mol. The number of aliphatic hydroxyl groups is 1. The molecule has 1 aromatic rings. The second kappa shape index (κ2) is 8.39. The van der Waals surface area contributed by atoms with Crippen LogP contribution in [0.5, 0.6) is 0 Å². The summed E-state index contributed by atoms with van der Waals surface area (Å²) in [7, 11) is 0. The largest absolute Gasteiger partial charge is 0.396 e. The minimum Gasteiger partial charge on any atom is -0.396 e. The molecule has 2 N–H and O–H groups in total. The van der Waals surface area contributed by atoms with Crippen molar-refractivity contribution in [2.45, 2.75) is 24.8 Å². The fourth-order valence-corrected chi connectivity index (χ4v) is 3.38. The molecule has 0 amide bonds. The van der Waals surface area contributed by atoms with E-state index in [2.05, 4.69) is 54.6 Å². The molecule has 0 spiro atoms.